The number of carbonyl (C=O) groups is 1. The number of thioether (sulfide) groups is 1. The van der Waals surface area contributed by atoms with Crippen LogP contribution in [0.4, 0.5) is 0 Å². The third-order valence-electron chi connectivity index (χ3n) is 3.97. The number of aryl methyl sites for hydroxylation is 1. The van der Waals surface area contributed by atoms with Crippen molar-refractivity contribution in [3.8, 4) is 0 Å². The van der Waals surface area contributed by atoms with Crippen LogP contribution >= 0.6 is 23.1 Å². The molecule has 0 aliphatic rings. The second kappa shape index (κ2) is 9.36. The summed E-state index contributed by atoms with van der Waals surface area (Å²) >= 11 is 2.90. The molecule has 0 fully saturated rings. The lowest BCUT2D eigenvalue weighted by molar-refractivity contribution is 0.102. The molecule has 0 aromatic carbocycles. The minimum atomic E-state index is -3.18. The van der Waals surface area contributed by atoms with Gasteiger partial charge < -0.3 is 4.57 Å². The number of ketones is 1. The van der Waals surface area contributed by atoms with Gasteiger partial charge in [-0.05, 0) is 38.3 Å². The number of hydrogen-bond acceptors (Lipinski definition) is 6. The van der Waals surface area contributed by atoms with Gasteiger partial charge in [0.1, 0.15) is 0 Å². The molecule has 0 spiro atoms. The first-order valence-electron chi connectivity index (χ1n) is 8.80. The second-order valence-electron chi connectivity index (χ2n) is 6.96. The molecule has 2 heterocycles. The van der Waals surface area contributed by atoms with E-state index < -0.39 is 10.0 Å². The third-order valence-corrected chi connectivity index (χ3v) is 6.87. The Morgan fingerprint density at radius 3 is 2.67 bits per heavy atom. The van der Waals surface area contributed by atoms with Crippen LogP contribution < -0.4 is 4.72 Å². The average molecular weight is 430 g/mol. The fraction of sp³-hybridized carbons (Fsp3) is 0.556. The first-order chi connectivity index (χ1) is 12.6. The molecule has 27 heavy (non-hydrogen) atoms. The van der Waals surface area contributed by atoms with Crippen molar-refractivity contribution in [2.75, 3.05) is 18.6 Å². The Bertz CT molecular complexity index is 898. The first-order valence-corrected chi connectivity index (χ1v) is 12.5. The van der Waals surface area contributed by atoms with E-state index in [9.17, 15) is 13.2 Å². The maximum absolute atomic E-state index is 12.5. The SMILES string of the molecule is Cc1nc(SCC(=O)c2ccc(CCNS(C)(=O)=O)s2)n(CC(C)C)c1C. The monoisotopic (exact) mass is 429 g/mol. The average Bonchev–Trinajstić information content (AvgIpc) is 3.12. The number of nitrogens with one attached hydrogen (secondary N) is 1. The summed E-state index contributed by atoms with van der Waals surface area (Å²) in [6.45, 7) is 9.62. The van der Waals surface area contributed by atoms with Gasteiger partial charge in [0.05, 0.1) is 22.6 Å². The van der Waals surface area contributed by atoms with E-state index in [2.05, 4.69) is 35.0 Å². The van der Waals surface area contributed by atoms with Gasteiger partial charge in [0, 0.05) is 23.7 Å². The molecule has 6 nitrogen and oxygen atoms in total. The highest BCUT2D eigenvalue weighted by Crippen LogP contribution is 2.25. The molecule has 2 aromatic rings. The van der Waals surface area contributed by atoms with Crippen LogP contribution in [0.2, 0.25) is 0 Å². The zero-order chi connectivity index (χ0) is 20.2. The van der Waals surface area contributed by atoms with Gasteiger partial charge in [0.25, 0.3) is 0 Å². The van der Waals surface area contributed by atoms with Crippen molar-refractivity contribution in [1.82, 2.24) is 14.3 Å². The summed E-state index contributed by atoms with van der Waals surface area (Å²) in [5.74, 6) is 0.921. The summed E-state index contributed by atoms with van der Waals surface area (Å²) < 4.78 is 26.9. The van der Waals surface area contributed by atoms with E-state index in [1.165, 1.54) is 23.1 Å². The Morgan fingerprint density at radius 2 is 2.04 bits per heavy atom. The summed E-state index contributed by atoms with van der Waals surface area (Å²) in [4.78, 5) is 18.8. The van der Waals surface area contributed by atoms with E-state index >= 15 is 0 Å². The molecule has 0 atom stereocenters. The van der Waals surface area contributed by atoms with Gasteiger partial charge in [-0.2, -0.15) is 0 Å². The zero-order valence-corrected chi connectivity index (χ0v) is 18.9. The highest BCUT2D eigenvalue weighted by molar-refractivity contribution is 7.99. The Balaban J connectivity index is 1.96. The second-order valence-corrected chi connectivity index (χ2v) is 10.9. The molecular formula is C18H27N3O3S3. The molecular weight excluding hydrogens is 402 g/mol. The van der Waals surface area contributed by atoms with E-state index in [1.54, 1.807) is 0 Å². The van der Waals surface area contributed by atoms with Crippen molar-refractivity contribution in [2.45, 2.75) is 45.8 Å². The predicted octanol–water partition coefficient (Wildman–Crippen LogP) is 3.28. The normalized spacial score (nSPS) is 12.1. The number of thiophene rings is 1. The van der Waals surface area contributed by atoms with Crippen molar-refractivity contribution < 1.29 is 13.2 Å². The Kier molecular flexibility index (Phi) is 7.67. The van der Waals surface area contributed by atoms with Crippen molar-refractivity contribution in [1.29, 1.82) is 0 Å². The van der Waals surface area contributed by atoms with Crippen molar-refractivity contribution in [3.63, 3.8) is 0 Å². The molecule has 0 aliphatic carbocycles. The van der Waals surface area contributed by atoms with Crippen molar-refractivity contribution >= 4 is 38.9 Å². The predicted molar refractivity (Wildman–Crippen MR) is 112 cm³/mol. The molecule has 0 bridgehead atoms. The topological polar surface area (TPSA) is 81.1 Å². The molecule has 1 N–H and O–H groups in total. The highest BCUT2D eigenvalue weighted by atomic mass is 32.2. The fourth-order valence-corrected chi connectivity index (χ4v) is 5.03. The molecule has 150 valence electrons. The number of hydrogen-bond donors (Lipinski definition) is 1. The maximum atomic E-state index is 12.5. The number of rotatable bonds is 10. The number of aromatic nitrogens is 2. The number of carbonyl (C=O) groups excluding carboxylic acids is 1. The van der Waals surface area contributed by atoms with Crippen molar-refractivity contribution in [3.05, 3.63) is 33.3 Å². The van der Waals surface area contributed by atoms with Crippen LogP contribution in [0.25, 0.3) is 0 Å². The van der Waals surface area contributed by atoms with Crippen LogP contribution in [0, 0.1) is 19.8 Å². The number of imidazole rings is 1. The summed E-state index contributed by atoms with van der Waals surface area (Å²) in [6.07, 6.45) is 1.72. The van der Waals surface area contributed by atoms with E-state index in [0.717, 1.165) is 34.2 Å². The molecule has 0 amide bonds. The highest BCUT2D eigenvalue weighted by Gasteiger charge is 2.16. The third kappa shape index (κ3) is 6.74. The Labute approximate surface area is 169 Å². The van der Waals surface area contributed by atoms with Gasteiger partial charge >= 0.3 is 0 Å². The first kappa shape index (κ1) is 22.1. The standard InChI is InChI=1S/C18H27N3O3S3/c1-12(2)10-21-14(4)13(3)20-18(21)25-11-16(22)17-7-6-15(26-17)8-9-19-27(5,23)24/h6-7,12,19H,8-11H2,1-5H3. The van der Waals surface area contributed by atoms with Crippen LogP contribution in [0.3, 0.4) is 0 Å². The quantitative estimate of drug-likeness (QED) is 0.463. The van der Waals surface area contributed by atoms with Gasteiger partial charge in [-0.1, -0.05) is 25.6 Å². The van der Waals surface area contributed by atoms with Gasteiger partial charge in [0.15, 0.2) is 10.9 Å². The van der Waals surface area contributed by atoms with Crippen LogP contribution in [0.15, 0.2) is 17.3 Å². The van der Waals surface area contributed by atoms with Gasteiger partial charge in [0.2, 0.25) is 10.0 Å². The van der Waals surface area contributed by atoms with E-state index in [0.29, 0.717) is 29.5 Å². The van der Waals surface area contributed by atoms with Crippen LogP contribution in [0.1, 0.15) is 39.8 Å². The van der Waals surface area contributed by atoms with Crippen LogP contribution in [-0.2, 0) is 23.0 Å². The van der Waals surface area contributed by atoms with Gasteiger partial charge in [-0.25, -0.2) is 18.1 Å². The minimum Gasteiger partial charge on any atom is -0.323 e. The van der Waals surface area contributed by atoms with E-state index in [1.807, 2.05) is 19.1 Å². The lowest BCUT2D eigenvalue weighted by Gasteiger charge is -2.11. The number of Topliss-reactive ketones (excluding diaryl/α,β-unsaturated/α-hetero) is 1. The molecule has 0 radical (unpaired) electrons. The molecule has 0 aliphatic heterocycles. The molecule has 0 saturated heterocycles. The zero-order valence-electron chi connectivity index (χ0n) is 16.4. The van der Waals surface area contributed by atoms with Crippen LogP contribution in [-0.4, -0.2) is 42.3 Å². The lowest BCUT2D eigenvalue weighted by Crippen LogP contribution is -2.23. The molecule has 0 unspecified atom stereocenters. The molecule has 2 rings (SSSR count). The number of nitrogens with zero attached hydrogens (tertiary/aromatic N) is 2. The van der Waals surface area contributed by atoms with E-state index in [4.69, 9.17) is 0 Å². The Hall–Kier alpha value is -1.16. The molecule has 0 saturated carbocycles. The summed E-state index contributed by atoms with van der Waals surface area (Å²) in [5, 5.41) is 0.890. The number of sulfonamides is 1. The maximum Gasteiger partial charge on any atom is 0.208 e. The minimum absolute atomic E-state index is 0.0710. The Morgan fingerprint density at radius 1 is 1.33 bits per heavy atom. The summed E-state index contributed by atoms with van der Waals surface area (Å²) in [6, 6.07) is 3.71. The smallest absolute Gasteiger partial charge is 0.208 e. The summed E-state index contributed by atoms with van der Waals surface area (Å²) in [7, 11) is -3.18. The molecule has 9 heteroatoms. The van der Waals surface area contributed by atoms with Gasteiger partial charge in [-0.3, -0.25) is 4.79 Å². The summed E-state index contributed by atoms with van der Waals surface area (Å²) in [5.41, 5.74) is 2.15. The van der Waals surface area contributed by atoms with E-state index in [-0.39, 0.29) is 5.78 Å². The fourth-order valence-electron chi connectivity index (χ4n) is 2.54. The van der Waals surface area contributed by atoms with Gasteiger partial charge in [-0.15, -0.1) is 11.3 Å². The largest absolute Gasteiger partial charge is 0.323 e. The van der Waals surface area contributed by atoms with Crippen LogP contribution in [0.5, 0.6) is 0 Å². The van der Waals surface area contributed by atoms with Crippen molar-refractivity contribution in [2.24, 2.45) is 5.92 Å². The molecule has 2 aromatic heterocycles. The lowest BCUT2D eigenvalue weighted by atomic mass is 10.2.